The van der Waals surface area contributed by atoms with Gasteiger partial charge in [0, 0.05) is 23.5 Å². The third-order valence-electron chi connectivity index (χ3n) is 4.18. The number of thiophene rings is 1. The van der Waals surface area contributed by atoms with Crippen molar-refractivity contribution in [3.63, 3.8) is 0 Å². The molecule has 0 aliphatic carbocycles. The molecule has 3 N–H and O–H groups in total. The fourth-order valence-corrected chi connectivity index (χ4v) is 3.62. The average molecular weight is 372 g/mol. The molecule has 3 aromatic rings. The predicted octanol–water partition coefficient (Wildman–Crippen LogP) is 3.52. The average Bonchev–Trinajstić information content (AvgIpc) is 3.19. The monoisotopic (exact) mass is 371 g/mol. The van der Waals surface area contributed by atoms with E-state index in [4.69, 9.17) is 10.7 Å². The molecule has 1 atom stereocenters. The van der Waals surface area contributed by atoms with Crippen molar-refractivity contribution in [1.82, 2.24) is 20.1 Å². The van der Waals surface area contributed by atoms with E-state index in [2.05, 4.69) is 37.3 Å². The van der Waals surface area contributed by atoms with Crippen LogP contribution in [0.5, 0.6) is 0 Å². The first kappa shape index (κ1) is 18.5. The second-order valence-electron chi connectivity index (χ2n) is 6.91. The number of pyridine rings is 1. The zero-order valence-corrected chi connectivity index (χ0v) is 16.4. The van der Waals surface area contributed by atoms with Gasteiger partial charge >= 0.3 is 0 Å². The second kappa shape index (κ2) is 7.55. The molecule has 0 saturated heterocycles. The summed E-state index contributed by atoms with van der Waals surface area (Å²) in [4.78, 5) is 19.9. The van der Waals surface area contributed by atoms with Crippen LogP contribution in [0.2, 0.25) is 0 Å². The molecule has 1 amide bonds. The number of carbonyl (C=O) groups excluding carboxylic acids is 1. The lowest BCUT2D eigenvalue weighted by molar-refractivity contribution is 0.0954. The van der Waals surface area contributed by atoms with Crippen molar-refractivity contribution in [3.8, 4) is 10.6 Å². The molecule has 0 spiro atoms. The first-order valence-corrected chi connectivity index (χ1v) is 9.67. The normalized spacial score (nSPS) is 12.7. The fourth-order valence-electron chi connectivity index (χ4n) is 2.79. The minimum Gasteiger partial charge on any atom is -0.352 e. The van der Waals surface area contributed by atoms with E-state index in [0.29, 0.717) is 12.1 Å². The fraction of sp³-hybridized carbons (Fsp3) is 0.421. The van der Waals surface area contributed by atoms with E-state index in [1.54, 1.807) is 17.5 Å². The van der Waals surface area contributed by atoms with Crippen LogP contribution >= 0.6 is 11.3 Å². The van der Waals surface area contributed by atoms with Crippen molar-refractivity contribution in [2.24, 2.45) is 5.73 Å². The number of amides is 1. The third kappa shape index (κ3) is 3.78. The number of rotatable bonds is 6. The molecule has 26 heavy (non-hydrogen) atoms. The Balaban J connectivity index is 2.06. The molecule has 0 aromatic carbocycles. The maximum atomic E-state index is 12.8. The van der Waals surface area contributed by atoms with Crippen molar-refractivity contribution in [3.05, 3.63) is 34.8 Å². The van der Waals surface area contributed by atoms with Gasteiger partial charge in [-0.2, -0.15) is 5.10 Å². The number of hydrogen-bond acceptors (Lipinski definition) is 5. The highest BCUT2D eigenvalue weighted by Gasteiger charge is 2.19. The molecule has 0 radical (unpaired) electrons. The summed E-state index contributed by atoms with van der Waals surface area (Å²) in [6.07, 6.45) is 2.47. The molecule has 0 aliphatic rings. The van der Waals surface area contributed by atoms with Crippen LogP contribution in [-0.2, 0) is 0 Å². The number of carbonyl (C=O) groups is 1. The van der Waals surface area contributed by atoms with E-state index < -0.39 is 0 Å². The lowest BCUT2D eigenvalue weighted by atomic mass is 10.1. The summed E-state index contributed by atoms with van der Waals surface area (Å²) in [7, 11) is 0. The maximum Gasteiger partial charge on any atom is 0.252 e. The Morgan fingerprint density at radius 1 is 1.35 bits per heavy atom. The van der Waals surface area contributed by atoms with Gasteiger partial charge in [0.15, 0.2) is 5.65 Å². The Bertz CT molecular complexity index is 925. The number of aromatic nitrogens is 3. The van der Waals surface area contributed by atoms with Crippen molar-refractivity contribution in [1.29, 1.82) is 0 Å². The lowest BCUT2D eigenvalue weighted by Crippen LogP contribution is -2.29. The van der Waals surface area contributed by atoms with Crippen LogP contribution in [0.3, 0.4) is 0 Å². The van der Waals surface area contributed by atoms with Gasteiger partial charge in [0.05, 0.1) is 27.7 Å². The summed E-state index contributed by atoms with van der Waals surface area (Å²) in [6.45, 7) is 8.65. The van der Waals surface area contributed by atoms with Crippen molar-refractivity contribution >= 4 is 28.3 Å². The molecule has 3 aromatic heterocycles. The van der Waals surface area contributed by atoms with Gasteiger partial charge in [-0.3, -0.25) is 4.79 Å². The van der Waals surface area contributed by atoms with E-state index in [0.717, 1.165) is 28.0 Å². The number of fused-ring (bicyclic) bond motifs is 1. The van der Waals surface area contributed by atoms with Gasteiger partial charge in [-0.25, -0.2) is 9.67 Å². The van der Waals surface area contributed by atoms with Gasteiger partial charge in [0.25, 0.3) is 5.91 Å². The van der Waals surface area contributed by atoms with Crippen LogP contribution in [-0.4, -0.2) is 33.3 Å². The predicted molar refractivity (Wildman–Crippen MR) is 107 cm³/mol. The standard InChI is InChI=1S/C19H25N5OS/c1-11(2)24-18-15(10-22-24)14(19(25)21-8-7-12(3)20)9-16(23-18)17-6-5-13(4)26-17/h5-6,9-12H,7-8,20H2,1-4H3,(H,21,25). The molecule has 3 rings (SSSR count). The summed E-state index contributed by atoms with van der Waals surface area (Å²) in [6, 6.07) is 6.19. The smallest absolute Gasteiger partial charge is 0.252 e. The number of aryl methyl sites for hydroxylation is 1. The number of nitrogens with one attached hydrogen (secondary N) is 1. The lowest BCUT2D eigenvalue weighted by Gasteiger charge is -2.11. The number of nitrogens with two attached hydrogens (primary N) is 1. The molecule has 1 unspecified atom stereocenters. The van der Waals surface area contributed by atoms with Crippen LogP contribution in [0.25, 0.3) is 21.6 Å². The first-order chi connectivity index (χ1) is 12.4. The first-order valence-electron chi connectivity index (χ1n) is 8.85. The summed E-state index contributed by atoms with van der Waals surface area (Å²) in [5.41, 5.74) is 7.92. The molecule has 0 saturated carbocycles. The van der Waals surface area contributed by atoms with Gasteiger partial charge in [-0.1, -0.05) is 0 Å². The van der Waals surface area contributed by atoms with Gasteiger partial charge in [-0.15, -0.1) is 11.3 Å². The number of nitrogens with zero attached hydrogens (tertiary/aromatic N) is 3. The minimum absolute atomic E-state index is 0.0566. The molecule has 3 heterocycles. The highest BCUT2D eigenvalue weighted by atomic mass is 32.1. The van der Waals surface area contributed by atoms with Crippen LogP contribution in [0.1, 0.15) is 48.5 Å². The Morgan fingerprint density at radius 2 is 2.12 bits per heavy atom. The Hall–Kier alpha value is -2.25. The highest BCUT2D eigenvalue weighted by Crippen LogP contribution is 2.30. The summed E-state index contributed by atoms with van der Waals surface area (Å²) in [5.74, 6) is -0.115. The Kier molecular flexibility index (Phi) is 5.38. The zero-order chi connectivity index (χ0) is 18.8. The molecular weight excluding hydrogens is 346 g/mol. The summed E-state index contributed by atoms with van der Waals surface area (Å²) in [5, 5.41) is 8.18. The third-order valence-corrected chi connectivity index (χ3v) is 5.20. The Labute approximate surface area is 157 Å². The van der Waals surface area contributed by atoms with Crippen LogP contribution in [0.15, 0.2) is 24.4 Å². The largest absolute Gasteiger partial charge is 0.352 e. The van der Waals surface area contributed by atoms with Gasteiger partial charge in [0.2, 0.25) is 0 Å². The molecule has 7 heteroatoms. The van der Waals surface area contributed by atoms with Crippen molar-refractivity contribution < 1.29 is 4.79 Å². The van der Waals surface area contributed by atoms with Gasteiger partial charge in [-0.05, 0) is 52.3 Å². The van der Waals surface area contributed by atoms with Crippen LogP contribution < -0.4 is 11.1 Å². The summed E-state index contributed by atoms with van der Waals surface area (Å²) < 4.78 is 1.86. The summed E-state index contributed by atoms with van der Waals surface area (Å²) >= 11 is 1.67. The van der Waals surface area contributed by atoms with E-state index in [1.807, 2.05) is 23.7 Å². The highest BCUT2D eigenvalue weighted by molar-refractivity contribution is 7.15. The molecule has 0 fully saturated rings. The van der Waals surface area contributed by atoms with Crippen molar-refractivity contribution in [2.45, 2.75) is 46.2 Å². The minimum atomic E-state index is -0.115. The molecule has 138 valence electrons. The second-order valence-corrected chi connectivity index (χ2v) is 8.20. The topological polar surface area (TPSA) is 85.8 Å². The molecule has 0 bridgehead atoms. The van der Waals surface area contributed by atoms with Crippen molar-refractivity contribution in [2.75, 3.05) is 6.54 Å². The molecular formula is C19H25N5OS. The van der Waals surface area contributed by atoms with E-state index in [9.17, 15) is 4.79 Å². The van der Waals surface area contributed by atoms with E-state index >= 15 is 0 Å². The SMILES string of the molecule is Cc1ccc(-c2cc(C(=O)NCCC(C)N)c3cnn(C(C)C)c3n2)s1. The maximum absolute atomic E-state index is 12.8. The quantitative estimate of drug-likeness (QED) is 0.694. The Morgan fingerprint density at radius 3 is 2.73 bits per heavy atom. The van der Waals surface area contributed by atoms with E-state index in [1.165, 1.54) is 4.88 Å². The van der Waals surface area contributed by atoms with Gasteiger partial charge < -0.3 is 11.1 Å². The van der Waals surface area contributed by atoms with Gasteiger partial charge in [0.1, 0.15) is 0 Å². The van der Waals surface area contributed by atoms with E-state index in [-0.39, 0.29) is 18.0 Å². The molecule has 6 nitrogen and oxygen atoms in total. The molecule has 0 aliphatic heterocycles. The van der Waals surface area contributed by atoms with Crippen LogP contribution in [0.4, 0.5) is 0 Å². The van der Waals surface area contributed by atoms with Crippen LogP contribution in [0, 0.1) is 6.92 Å². The number of hydrogen-bond donors (Lipinski definition) is 2. The zero-order valence-electron chi connectivity index (χ0n) is 15.6.